The van der Waals surface area contributed by atoms with E-state index < -0.39 is 12.0 Å². The highest BCUT2D eigenvalue weighted by molar-refractivity contribution is 5.77. The summed E-state index contributed by atoms with van der Waals surface area (Å²) < 4.78 is 0. The zero-order chi connectivity index (χ0) is 11.7. The van der Waals surface area contributed by atoms with Crippen molar-refractivity contribution in [3.05, 3.63) is 29.6 Å². The third kappa shape index (κ3) is 2.04. The SMILES string of the molecule is Cc1nc2ccc(C[C@@H](N)C(=O)O)cc2[nH]1. The van der Waals surface area contributed by atoms with E-state index in [4.69, 9.17) is 10.8 Å². The summed E-state index contributed by atoms with van der Waals surface area (Å²) in [7, 11) is 0. The number of nitrogens with zero attached hydrogens (tertiary/aromatic N) is 1. The van der Waals surface area contributed by atoms with Gasteiger partial charge in [0, 0.05) is 0 Å². The lowest BCUT2D eigenvalue weighted by Gasteiger charge is -2.05. The molecule has 0 aliphatic heterocycles. The van der Waals surface area contributed by atoms with Gasteiger partial charge in [0.2, 0.25) is 0 Å². The fourth-order valence-electron chi connectivity index (χ4n) is 1.65. The average Bonchev–Trinajstić information content (AvgIpc) is 2.57. The number of carbonyl (C=O) groups is 1. The van der Waals surface area contributed by atoms with Crippen LogP contribution in [0.3, 0.4) is 0 Å². The molecule has 4 N–H and O–H groups in total. The first kappa shape index (κ1) is 10.6. The molecule has 0 amide bonds. The van der Waals surface area contributed by atoms with Crippen LogP contribution in [0.25, 0.3) is 11.0 Å². The summed E-state index contributed by atoms with van der Waals surface area (Å²) in [5, 5.41) is 8.72. The van der Waals surface area contributed by atoms with Crippen LogP contribution in [0.1, 0.15) is 11.4 Å². The molecular weight excluding hydrogens is 206 g/mol. The highest BCUT2D eigenvalue weighted by Crippen LogP contribution is 2.14. The third-order valence-corrected chi connectivity index (χ3v) is 2.44. The van der Waals surface area contributed by atoms with Gasteiger partial charge in [0.25, 0.3) is 0 Å². The number of hydrogen-bond donors (Lipinski definition) is 3. The van der Waals surface area contributed by atoms with Gasteiger partial charge in [-0.05, 0) is 31.0 Å². The van der Waals surface area contributed by atoms with Crippen molar-refractivity contribution in [2.75, 3.05) is 0 Å². The van der Waals surface area contributed by atoms with Crippen molar-refractivity contribution in [2.24, 2.45) is 5.73 Å². The molecule has 0 fully saturated rings. The minimum atomic E-state index is -0.985. The maximum Gasteiger partial charge on any atom is 0.320 e. The van der Waals surface area contributed by atoms with Crippen LogP contribution in [0.15, 0.2) is 18.2 Å². The number of H-pyrrole nitrogens is 1. The van der Waals surface area contributed by atoms with Crippen molar-refractivity contribution in [2.45, 2.75) is 19.4 Å². The molecule has 0 spiro atoms. The van der Waals surface area contributed by atoms with Gasteiger partial charge in [-0.3, -0.25) is 4.79 Å². The van der Waals surface area contributed by atoms with Gasteiger partial charge in [0.15, 0.2) is 0 Å². The Hall–Kier alpha value is -1.88. The number of carboxylic acids is 1. The van der Waals surface area contributed by atoms with E-state index >= 15 is 0 Å². The van der Waals surface area contributed by atoms with Crippen molar-refractivity contribution in [1.29, 1.82) is 0 Å². The van der Waals surface area contributed by atoms with Crippen LogP contribution in [0.4, 0.5) is 0 Å². The molecule has 0 aliphatic carbocycles. The number of aromatic nitrogens is 2. The van der Waals surface area contributed by atoms with E-state index in [1.54, 1.807) is 0 Å². The van der Waals surface area contributed by atoms with Gasteiger partial charge in [0.05, 0.1) is 11.0 Å². The Morgan fingerprint density at radius 2 is 2.38 bits per heavy atom. The number of imidazole rings is 1. The van der Waals surface area contributed by atoms with Crippen LogP contribution in [0, 0.1) is 6.92 Å². The second kappa shape index (κ2) is 3.94. The lowest BCUT2D eigenvalue weighted by molar-refractivity contribution is -0.138. The Kier molecular flexibility index (Phi) is 2.62. The van der Waals surface area contributed by atoms with E-state index in [0.29, 0.717) is 6.42 Å². The van der Waals surface area contributed by atoms with Crippen molar-refractivity contribution in [3.8, 4) is 0 Å². The highest BCUT2D eigenvalue weighted by atomic mass is 16.4. The molecule has 0 aliphatic rings. The Balaban J connectivity index is 2.28. The molecule has 16 heavy (non-hydrogen) atoms. The van der Waals surface area contributed by atoms with E-state index in [-0.39, 0.29) is 0 Å². The van der Waals surface area contributed by atoms with Crippen LogP contribution in [0.5, 0.6) is 0 Å². The van der Waals surface area contributed by atoms with E-state index in [1.165, 1.54) is 0 Å². The molecule has 2 aromatic rings. The number of benzene rings is 1. The van der Waals surface area contributed by atoms with Gasteiger partial charge >= 0.3 is 5.97 Å². The second-order valence-electron chi connectivity index (χ2n) is 3.82. The number of rotatable bonds is 3. The molecule has 0 unspecified atom stereocenters. The molecule has 0 radical (unpaired) electrons. The smallest absolute Gasteiger partial charge is 0.320 e. The molecule has 1 aromatic heterocycles. The first-order valence-electron chi connectivity index (χ1n) is 5.00. The van der Waals surface area contributed by atoms with Gasteiger partial charge in [-0.25, -0.2) is 4.98 Å². The maximum absolute atomic E-state index is 10.6. The predicted molar refractivity (Wildman–Crippen MR) is 60.1 cm³/mol. The summed E-state index contributed by atoms with van der Waals surface area (Å²) >= 11 is 0. The van der Waals surface area contributed by atoms with E-state index in [9.17, 15) is 4.79 Å². The third-order valence-electron chi connectivity index (χ3n) is 2.44. The van der Waals surface area contributed by atoms with Gasteiger partial charge < -0.3 is 15.8 Å². The molecule has 1 atom stereocenters. The fraction of sp³-hybridized carbons (Fsp3) is 0.273. The largest absolute Gasteiger partial charge is 0.480 e. The monoisotopic (exact) mass is 219 g/mol. The van der Waals surface area contributed by atoms with Crippen molar-refractivity contribution in [3.63, 3.8) is 0 Å². The summed E-state index contributed by atoms with van der Waals surface area (Å²) in [5.74, 6) is -0.143. The zero-order valence-electron chi connectivity index (χ0n) is 8.90. The summed E-state index contributed by atoms with van der Waals surface area (Å²) in [6.45, 7) is 1.88. The quantitative estimate of drug-likeness (QED) is 0.712. The lowest BCUT2D eigenvalue weighted by atomic mass is 10.1. The van der Waals surface area contributed by atoms with Gasteiger partial charge in [0.1, 0.15) is 11.9 Å². The van der Waals surface area contributed by atoms with Gasteiger partial charge in [-0.2, -0.15) is 0 Å². The van der Waals surface area contributed by atoms with Gasteiger partial charge in [-0.15, -0.1) is 0 Å². The Bertz CT molecular complexity index is 533. The molecule has 1 heterocycles. The topological polar surface area (TPSA) is 92.0 Å². The average molecular weight is 219 g/mol. The van der Waals surface area contributed by atoms with Crippen molar-refractivity contribution in [1.82, 2.24) is 9.97 Å². The first-order valence-corrected chi connectivity index (χ1v) is 5.00. The van der Waals surface area contributed by atoms with E-state index in [0.717, 1.165) is 22.4 Å². The zero-order valence-corrected chi connectivity index (χ0v) is 8.90. The summed E-state index contributed by atoms with van der Waals surface area (Å²) in [6.07, 6.45) is 0.323. The number of nitrogens with one attached hydrogen (secondary N) is 1. The molecule has 0 saturated carbocycles. The summed E-state index contributed by atoms with van der Waals surface area (Å²) in [6, 6.07) is 4.74. The molecule has 1 aromatic carbocycles. The summed E-state index contributed by atoms with van der Waals surface area (Å²) in [4.78, 5) is 18.0. The predicted octanol–water partition coefficient (Wildman–Crippen LogP) is 0.826. The molecule has 84 valence electrons. The number of aliphatic carboxylic acids is 1. The molecule has 5 nitrogen and oxygen atoms in total. The van der Waals surface area contributed by atoms with Gasteiger partial charge in [-0.1, -0.05) is 6.07 Å². The van der Waals surface area contributed by atoms with Crippen LogP contribution >= 0.6 is 0 Å². The number of hydrogen-bond acceptors (Lipinski definition) is 3. The fourth-order valence-corrected chi connectivity index (χ4v) is 1.65. The highest BCUT2D eigenvalue weighted by Gasteiger charge is 2.12. The number of fused-ring (bicyclic) bond motifs is 1. The van der Waals surface area contributed by atoms with E-state index in [2.05, 4.69) is 9.97 Å². The van der Waals surface area contributed by atoms with Crippen LogP contribution in [-0.4, -0.2) is 27.1 Å². The number of aromatic amines is 1. The standard InChI is InChI=1S/C11H13N3O2/c1-6-13-9-3-2-7(5-10(9)14-6)4-8(12)11(15)16/h2-3,5,8H,4,12H2,1H3,(H,13,14)(H,15,16)/t8-/m1/s1. The lowest BCUT2D eigenvalue weighted by Crippen LogP contribution is -2.32. The second-order valence-corrected chi connectivity index (χ2v) is 3.82. The van der Waals surface area contributed by atoms with Crippen LogP contribution < -0.4 is 5.73 Å². The van der Waals surface area contributed by atoms with Crippen molar-refractivity contribution < 1.29 is 9.90 Å². The Morgan fingerprint density at radius 1 is 1.62 bits per heavy atom. The normalized spacial score (nSPS) is 12.9. The minimum absolute atomic E-state index is 0.323. The first-order chi connectivity index (χ1) is 7.56. The molecular formula is C11H13N3O2. The summed E-state index contributed by atoms with van der Waals surface area (Å²) in [5.41, 5.74) is 8.16. The number of aryl methyl sites for hydroxylation is 1. The Morgan fingerprint density at radius 3 is 3.06 bits per heavy atom. The minimum Gasteiger partial charge on any atom is -0.480 e. The number of carboxylic acid groups (broad SMARTS) is 1. The van der Waals surface area contributed by atoms with Crippen LogP contribution in [0.2, 0.25) is 0 Å². The van der Waals surface area contributed by atoms with E-state index in [1.807, 2.05) is 25.1 Å². The molecule has 2 rings (SSSR count). The maximum atomic E-state index is 10.6. The van der Waals surface area contributed by atoms with Crippen molar-refractivity contribution >= 4 is 17.0 Å². The molecule has 5 heteroatoms. The Labute approximate surface area is 92.3 Å². The van der Waals surface area contributed by atoms with Crippen LogP contribution in [-0.2, 0) is 11.2 Å². The molecule has 0 bridgehead atoms. The number of nitrogens with two attached hydrogens (primary N) is 1. The molecule has 0 saturated heterocycles.